The Kier molecular flexibility index (Phi) is 3.81. The molecule has 0 radical (unpaired) electrons. The first-order valence-electron chi connectivity index (χ1n) is 6.66. The second-order valence-electron chi connectivity index (χ2n) is 4.86. The Morgan fingerprint density at radius 1 is 1.22 bits per heavy atom. The van der Waals surface area contributed by atoms with E-state index in [4.69, 9.17) is 9.47 Å². The van der Waals surface area contributed by atoms with Gasteiger partial charge in [0.25, 0.3) is 0 Å². The molecule has 8 heteroatoms. The number of nitrogens with zero attached hydrogens (tertiary/aromatic N) is 2. The number of benzene rings is 1. The third-order valence-electron chi connectivity index (χ3n) is 3.23. The molecule has 1 aliphatic rings. The summed E-state index contributed by atoms with van der Waals surface area (Å²) >= 11 is 0. The molecule has 2 aromatic rings. The first-order chi connectivity index (χ1) is 10.9. The van der Waals surface area contributed by atoms with E-state index < -0.39 is 11.7 Å². The highest BCUT2D eigenvalue weighted by molar-refractivity contribution is 5.83. The number of halogens is 3. The van der Waals surface area contributed by atoms with E-state index >= 15 is 0 Å². The van der Waals surface area contributed by atoms with Crippen molar-refractivity contribution in [1.29, 1.82) is 0 Å². The lowest BCUT2D eigenvalue weighted by Gasteiger charge is -2.06. The summed E-state index contributed by atoms with van der Waals surface area (Å²) in [4.78, 5) is 3.67. The molecule has 0 amide bonds. The van der Waals surface area contributed by atoms with Gasteiger partial charge in [-0.3, -0.25) is 5.43 Å². The zero-order valence-electron chi connectivity index (χ0n) is 12.0. The molecule has 2 heterocycles. The third-order valence-corrected chi connectivity index (χ3v) is 3.23. The van der Waals surface area contributed by atoms with Crippen LogP contribution in [0, 0.1) is 6.92 Å². The van der Waals surface area contributed by atoms with E-state index in [2.05, 4.69) is 15.5 Å². The highest BCUT2D eigenvalue weighted by atomic mass is 19.4. The number of alkyl halides is 3. The second kappa shape index (κ2) is 5.79. The van der Waals surface area contributed by atoms with Crippen molar-refractivity contribution in [2.45, 2.75) is 13.1 Å². The number of nitrogens with one attached hydrogen (secondary N) is 1. The van der Waals surface area contributed by atoms with Crippen molar-refractivity contribution >= 4 is 12.0 Å². The van der Waals surface area contributed by atoms with Crippen LogP contribution in [0.4, 0.5) is 19.0 Å². The van der Waals surface area contributed by atoms with Crippen LogP contribution in [0.25, 0.3) is 0 Å². The lowest BCUT2D eigenvalue weighted by molar-refractivity contribution is -0.137. The lowest BCUT2D eigenvalue weighted by Crippen LogP contribution is -2.05. The number of hydrogen-bond donors (Lipinski definition) is 1. The summed E-state index contributed by atoms with van der Waals surface area (Å²) < 4.78 is 47.8. The number of anilines is 1. The summed E-state index contributed by atoms with van der Waals surface area (Å²) in [6.07, 6.45) is -2.11. The molecule has 0 fully saturated rings. The zero-order valence-corrected chi connectivity index (χ0v) is 12.0. The molecule has 120 valence electrons. The normalized spacial score (nSPS) is 13.6. The quantitative estimate of drug-likeness (QED) is 0.693. The summed E-state index contributed by atoms with van der Waals surface area (Å²) in [6.45, 7) is 2.07. The molecule has 0 unspecified atom stereocenters. The molecule has 1 N–H and O–H groups in total. The van der Waals surface area contributed by atoms with E-state index in [0.717, 1.165) is 23.4 Å². The summed E-state index contributed by atoms with van der Waals surface area (Å²) in [6, 6.07) is 5.77. The summed E-state index contributed by atoms with van der Waals surface area (Å²) in [5.41, 5.74) is 3.51. The molecule has 5 nitrogen and oxygen atoms in total. The minimum Gasteiger partial charge on any atom is -0.454 e. The van der Waals surface area contributed by atoms with Gasteiger partial charge in [-0.25, -0.2) is 4.98 Å². The monoisotopic (exact) mass is 323 g/mol. The van der Waals surface area contributed by atoms with Gasteiger partial charge >= 0.3 is 6.18 Å². The van der Waals surface area contributed by atoms with Gasteiger partial charge in [0, 0.05) is 11.8 Å². The van der Waals surface area contributed by atoms with Gasteiger partial charge in [-0.15, -0.1) is 0 Å². The van der Waals surface area contributed by atoms with Crippen LogP contribution in [0.3, 0.4) is 0 Å². The predicted molar refractivity (Wildman–Crippen MR) is 77.8 cm³/mol. The predicted octanol–water partition coefficient (Wildman–Crippen LogP) is 3.58. The van der Waals surface area contributed by atoms with Crippen molar-refractivity contribution in [1.82, 2.24) is 4.98 Å². The van der Waals surface area contributed by atoms with Crippen molar-refractivity contribution in [2.75, 3.05) is 12.2 Å². The lowest BCUT2D eigenvalue weighted by atomic mass is 10.1. The van der Waals surface area contributed by atoms with E-state index in [1.807, 2.05) is 13.0 Å². The number of hydrazone groups is 1. The van der Waals surface area contributed by atoms with Crippen LogP contribution < -0.4 is 14.9 Å². The molecule has 23 heavy (non-hydrogen) atoms. The Bertz CT molecular complexity index is 743. The maximum Gasteiger partial charge on any atom is 0.417 e. The van der Waals surface area contributed by atoms with Crippen molar-refractivity contribution in [3.8, 4) is 11.5 Å². The average molecular weight is 323 g/mol. The first-order valence-corrected chi connectivity index (χ1v) is 6.66. The number of rotatable bonds is 3. The molecule has 0 atom stereocenters. The molecule has 3 rings (SSSR count). The fraction of sp³-hybridized carbons (Fsp3) is 0.200. The Hall–Kier alpha value is -2.77. The minimum absolute atomic E-state index is 0.184. The molecule has 1 aromatic carbocycles. The standard InChI is InChI=1S/C15H12F3N3O2/c1-9-4-12-13(23-8-22-12)5-10(9)6-20-21-14-3-2-11(7-19-14)15(16,17)18/h2-7H,8H2,1H3,(H,19,21)/b20-6-. The maximum atomic E-state index is 12.4. The van der Waals surface area contributed by atoms with E-state index in [1.54, 1.807) is 6.07 Å². The number of ether oxygens (including phenoxy) is 2. The molecular weight excluding hydrogens is 311 g/mol. The molecule has 0 bridgehead atoms. The van der Waals surface area contributed by atoms with Crippen LogP contribution in [-0.2, 0) is 6.18 Å². The van der Waals surface area contributed by atoms with Gasteiger partial charge in [0.15, 0.2) is 11.5 Å². The van der Waals surface area contributed by atoms with Crippen LogP contribution in [0.2, 0.25) is 0 Å². The SMILES string of the molecule is Cc1cc2c(cc1/C=N\Nc1ccc(C(F)(F)F)cn1)OCO2. The summed E-state index contributed by atoms with van der Waals surface area (Å²) in [5, 5.41) is 3.97. The molecule has 0 saturated heterocycles. The fourth-order valence-electron chi connectivity index (χ4n) is 1.99. The number of aryl methyl sites for hydroxylation is 1. The van der Waals surface area contributed by atoms with Gasteiger partial charge in [-0.1, -0.05) is 0 Å². The first kappa shape index (κ1) is 15.1. The molecule has 0 saturated carbocycles. The smallest absolute Gasteiger partial charge is 0.417 e. The average Bonchev–Trinajstić information content (AvgIpc) is 2.94. The second-order valence-corrected chi connectivity index (χ2v) is 4.86. The van der Waals surface area contributed by atoms with Gasteiger partial charge in [0.05, 0.1) is 11.8 Å². The van der Waals surface area contributed by atoms with Gasteiger partial charge < -0.3 is 9.47 Å². The number of aromatic nitrogens is 1. The molecule has 0 spiro atoms. The van der Waals surface area contributed by atoms with Crippen LogP contribution >= 0.6 is 0 Å². The van der Waals surface area contributed by atoms with Crippen molar-refractivity contribution in [3.63, 3.8) is 0 Å². The third kappa shape index (κ3) is 3.36. The Morgan fingerprint density at radius 3 is 2.61 bits per heavy atom. The molecule has 0 aliphatic carbocycles. The van der Waals surface area contributed by atoms with Crippen LogP contribution in [-0.4, -0.2) is 18.0 Å². The van der Waals surface area contributed by atoms with Gasteiger partial charge in [-0.05, 0) is 36.8 Å². The van der Waals surface area contributed by atoms with Gasteiger partial charge in [0.2, 0.25) is 6.79 Å². The van der Waals surface area contributed by atoms with Gasteiger partial charge in [-0.2, -0.15) is 18.3 Å². The van der Waals surface area contributed by atoms with E-state index in [-0.39, 0.29) is 12.6 Å². The van der Waals surface area contributed by atoms with E-state index in [1.165, 1.54) is 12.3 Å². The highest BCUT2D eigenvalue weighted by Gasteiger charge is 2.30. The summed E-state index contributed by atoms with van der Waals surface area (Å²) in [5.74, 6) is 1.52. The Balaban J connectivity index is 1.70. The number of fused-ring (bicyclic) bond motifs is 1. The van der Waals surface area contributed by atoms with Crippen LogP contribution in [0.5, 0.6) is 11.5 Å². The molecule has 1 aromatic heterocycles. The largest absolute Gasteiger partial charge is 0.454 e. The fourth-order valence-corrected chi connectivity index (χ4v) is 1.99. The molecular formula is C15H12F3N3O2. The minimum atomic E-state index is -4.40. The zero-order chi connectivity index (χ0) is 16.4. The van der Waals surface area contributed by atoms with Gasteiger partial charge in [0.1, 0.15) is 5.82 Å². The number of hydrogen-bond acceptors (Lipinski definition) is 5. The van der Waals surface area contributed by atoms with Crippen LogP contribution in [0.15, 0.2) is 35.6 Å². The highest BCUT2D eigenvalue weighted by Crippen LogP contribution is 2.34. The summed E-state index contributed by atoms with van der Waals surface area (Å²) in [7, 11) is 0. The Morgan fingerprint density at radius 2 is 1.96 bits per heavy atom. The number of pyridine rings is 1. The maximum absolute atomic E-state index is 12.4. The van der Waals surface area contributed by atoms with Crippen molar-refractivity contribution in [3.05, 3.63) is 47.2 Å². The van der Waals surface area contributed by atoms with Crippen molar-refractivity contribution in [2.24, 2.45) is 5.10 Å². The topological polar surface area (TPSA) is 55.7 Å². The van der Waals surface area contributed by atoms with E-state index in [0.29, 0.717) is 11.5 Å². The van der Waals surface area contributed by atoms with E-state index in [9.17, 15) is 13.2 Å². The molecule has 1 aliphatic heterocycles. The Labute approximate surface area is 129 Å². The van der Waals surface area contributed by atoms with Crippen LogP contribution in [0.1, 0.15) is 16.7 Å². The van der Waals surface area contributed by atoms with Crippen molar-refractivity contribution < 1.29 is 22.6 Å².